The van der Waals surface area contributed by atoms with Crippen LogP contribution in [0.3, 0.4) is 0 Å². The van der Waals surface area contributed by atoms with Crippen LogP contribution in [0, 0.1) is 6.92 Å². The van der Waals surface area contributed by atoms with E-state index in [1.54, 1.807) is 12.3 Å². The summed E-state index contributed by atoms with van der Waals surface area (Å²) in [6, 6.07) is 16.9. The molecular formula is C33H35N5O2. The minimum Gasteiger partial charge on any atom is -0.459 e. The Bertz CT molecular complexity index is 1590. The lowest BCUT2D eigenvalue weighted by Gasteiger charge is -2.34. The van der Waals surface area contributed by atoms with E-state index in [1.807, 2.05) is 6.07 Å². The SMILES string of the molecule is C=CC(=C)Nc1cc(-c2c(-c3ccc(N4CCN(C)CC4)cc3)[nH]c3ncc(C(=O)OC4CC4)cc23)ccc1C. The summed E-state index contributed by atoms with van der Waals surface area (Å²) in [6.45, 7) is 14.1. The Morgan fingerprint density at radius 2 is 1.80 bits per heavy atom. The van der Waals surface area contributed by atoms with Gasteiger partial charge in [-0.2, -0.15) is 0 Å². The summed E-state index contributed by atoms with van der Waals surface area (Å²) in [5.74, 6) is -0.323. The van der Waals surface area contributed by atoms with E-state index in [9.17, 15) is 4.79 Å². The first-order valence-electron chi connectivity index (χ1n) is 13.9. The van der Waals surface area contributed by atoms with Crippen LogP contribution >= 0.6 is 0 Å². The van der Waals surface area contributed by atoms with E-state index in [1.165, 1.54) is 5.69 Å². The van der Waals surface area contributed by atoms with Gasteiger partial charge in [-0.25, -0.2) is 9.78 Å². The molecular weight excluding hydrogens is 498 g/mol. The zero-order valence-electron chi connectivity index (χ0n) is 23.2. The van der Waals surface area contributed by atoms with Crippen LogP contribution in [-0.2, 0) is 4.74 Å². The number of aryl methyl sites for hydroxylation is 1. The molecule has 0 radical (unpaired) electrons. The molecule has 0 bridgehead atoms. The molecule has 7 heteroatoms. The highest BCUT2D eigenvalue weighted by Gasteiger charge is 2.27. The van der Waals surface area contributed by atoms with Crippen molar-refractivity contribution >= 4 is 28.4 Å². The molecule has 6 rings (SSSR count). The predicted octanol–water partition coefficient (Wildman–Crippen LogP) is 6.39. The number of aromatic amines is 1. The average molecular weight is 534 g/mol. The highest BCUT2D eigenvalue weighted by Crippen LogP contribution is 2.40. The maximum absolute atomic E-state index is 12.8. The van der Waals surface area contributed by atoms with Gasteiger partial charge in [0.25, 0.3) is 0 Å². The van der Waals surface area contributed by atoms with Gasteiger partial charge in [0.05, 0.1) is 11.3 Å². The second-order valence-electron chi connectivity index (χ2n) is 10.8. The lowest BCUT2D eigenvalue weighted by Crippen LogP contribution is -2.44. The van der Waals surface area contributed by atoms with Gasteiger partial charge in [-0.1, -0.05) is 37.4 Å². The third kappa shape index (κ3) is 5.25. The number of nitrogens with zero attached hydrogens (tertiary/aromatic N) is 3. The van der Waals surface area contributed by atoms with E-state index in [-0.39, 0.29) is 12.1 Å². The number of nitrogens with one attached hydrogen (secondary N) is 2. The van der Waals surface area contributed by atoms with Crippen molar-refractivity contribution in [2.75, 3.05) is 43.4 Å². The number of pyridine rings is 1. The van der Waals surface area contributed by atoms with E-state index in [2.05, 4.69) is 94.7 Å². The number of fused-ring (bicyclic) bond motifs is 1. The first-order chi connectivity index (χ1) is 19.4. The predicted molar refractivity (Wildman–Crippen MR) is 163 cm³/mol. The lowest BCUT2D eigenvalue weighted by atomic mass is 9.96. The molecule has 1 aliphatic heterocycles. The quantitative estimate of drug-likeness (QED) is 0.202. The highest BCUT2D eigenvalue weighted by molar-refractivity contribution is 6.05. The Labute approximate surface area is 235 Å². The van der Waals surface area contributed by atoms with Crippen molar-refractivity contribution in [1.82, 2.24) is 14.9 Å². The van der Waals surface area contributed by atoms with Crippen LogP contribution < -0.4 is 10.2 Å². The largest absolute Gasteiger partial charge is 0.459 e. The van der Waals surface area contributed by atoms with Gasteiger partial charge in [-0.05, 0) is 73.8 Å². The molecule has 2 N–H and O–H groups in total. The Kier molecular flexibility index (Phi) is 6.90. The fraction of sp³-hybridized carbons (Fsp3) is 0.273. The standard InChI is InChI=1S/C33H35N5O2/c1-5-22(3)35-29-19-24(7-6-21(29)2)30-28-18-25(33(39)40-27-12-13-27)20-34-32(28)36-31(30)23-8-10-26(11-9-23)38-16-14-37(4)15-17-38/h5-11,18-20,27,35H,1,3,12-17H2,2,4H3,(H,34,36). The van der Waals surface area contributed by atoms with Crippen molar-refractivity contribution < 1.29 is 9.53 Å². The monoisotopic (exact) mass is 533 g/mol. The summed E-state index contributed by atoms with van der Waals surface area (Å²) in [6.07, 6.45) is 5.20. The van der Waals surface area contributed by atoms with Gasteiger partial charge in [0.1, 0.15) is 11.8 Å². The first kappa shape index (κ1) is 25.9. The number of hydrogen-bond donors (Lipinski definition) is 2. The molecule has 0 amide bonds. The smallest absolute Gasteiger partial charge is 0.339 e. The van der Waals surface area contributed by atoms with Crippen LogP contribution in [0.2, 0.25) is 0 Å². The highest BCUT2D eigenvalue weighted by atomic mass is 16.5. The van der Waals surface area contributed by atoms with Crippen LogP contribution in [0.5, 0.6) is 0 Å². The van der Waals surface area contributed by atoms with Gasteiger partial charge in [0, 0.05) is 60.4 Å². The molecule has 40 heavy (non-hydrogen) atoms. The molecule has 7 nitrogen and oxygen atoms in total. The third-order valence-electron chi connectivity index (χ3n) is 7.78. The van der Waals surface area contributed by atoms with Gasteiger partial charge >= 0.3 is 5.97 Å². The fourth-order valence-electron chi connectivity index (χ4n) is 5.14. The van der Waals surface area contributed by atoms with Crippen LogP contribution in [0.4, 0.5) is 11.4 Å². The van der Waals surface area contributed by atoms with E-state index in [0.29, 0.717) is 5.56 Å². The lowest BCUT2D eigenvalue weighted by molar-refractivity contribution is 0.0472. The number of likely N-dealkylation sites (N-methyl/N-ethyl adjacent to an activating group) is 1. The number of rotatable bonds is 8. The first-order valence-corrected chi connectivity index (χ1v) is 13.9. The van der Waals surface area contributed by atoms with Crippen LogP contribution in [-0.4, -0.2) is 60.2 Å². The summed E-state index contributed by atoms with van der Waals surface area (Å²) in [7, 11) is 2.17. The Hall–Kier alpha value is -4.36. The number of allylic oxidation sites excluding steroid dienone is 1. The number of piperazine rings is 1. The maximum atomic E-state index is 12.8. The number of benzene rings is 2. The molecule has 2 aromatic carbocycles. The Balaban J connectivity index is 1.44. The van der Waals surface area contributed by atoms with Crippen molar-refractivity contribution in [2.24, 2.45) is 0 Å². The van der Waals surface area contributed by atoms with Gasteiger partial charge in [0.15, 0.2) is 0 Å². The summed E-state index contributed by atoms with van der Waals surface area (Å²) in [5, 5.41) is 4.23. The second-order valence-corrected chi connectivity index (χ2v) is 10.8. The van der Waals surface area contributed by atoms with Crippen LogP contribution in [0.25, 0.3) is 33.4 Å². The second kappa shape index (κ2) is 10.7. The van der Waals surface area contributed by atoms with Crippen molar-refractivity contribution in [3.63, 3.8) is 0 Å². The molecule has 0 spiro atoms. The maximum Gasteiger partial charge on any atom is 0.339 e. The van der Waals surface area contributed by atoms with Gasteiger partial charge in [-0.15, -0.1) is 0 Å². The zero-order chi connectivity index (χ0) is 27.8. The molecule has 204 valence electrons. The molecule has 1 aliphatic carbocycles. The molecule has 2 aromatic heterocycles. The topological polar surface area (TPSA) is 73.5 Å². The molecule has 2 fully saturated rings. The average Bonchev–Trinajstić information content (AvgIpc) is 3.71. The number of anilines is 2. The number of esters is 1. The minimum absolute atomic E-state index is 0.0342. The molecule has 1 saturated heterocycles. The van der Waals surface area contributed by atoms with Gasteiger partial charge in [-0.3, -0.25) is 0 Å². The summed E-state index contributed by atoms with van der Waals surface area (Å²) in [4.78, 5) is 25.8. The Morgan fingerprint density at radius 3 is 2.50 bits per heavy atom. The van der Waals surface area contributed by atoms with Crippen molar-refractivity contribution in [1.29, 1.82) is 0 Å². The number of H-pyrrole nitrogens is 1. The van der Waals surface area contributed by atoms with Crippen molar-refractivity contribution in [2.45, 2.75) is 25.9 Å². The number of ether oxygens (including phenoxy) is 1. The molecule has 4 aromatic rings. The van der Waals surface area contributed by atoms with E-state index in [0.717, 1.165) is 89.4 Å². The van der Waals surface area contributed by atoms with Gasteiger partial charge < -0.3 is 24.8 Å². The number of aromatic nitrogens is 2. The molecule has 0 atom stereocenters. The van der Waals surface area contributed by atoms with E-state index >= 15 is 0 Å². The number of carbonyl (C=O) groups excluding carboxylic acids is 1. The molecule has 2 aliphatic rings. The molecule has 3 heterocycles. The molecule has 1 saturated carbocycles. The van der Waals surface area contributed by atoms with Crippen LogP contribution in [0.1, 0.15) is 28.8 Å². The molecule has 0 unspecified atom stereocenters. The number of carbonyl (C=O) groups is 1. The third-order valence-corrected chi connectivity index (χ3v) is 7.78. The number of hydrogen-bond acceptors (Lipinski definition) is 6. The summed E-state index contributed by atoms with van der Waals surface area (Å²) < 4.78 is 5.58. The normalized spacial score (nSPS) is 15.7. The van der Waals surface area contributed by atoms with Crippen LogP contribution in [0.15, 0.2) is 79.7 Å². The zero-order valence-corrected chi connectivity index (χ0v) is 23.2. The van der Waals surface area contributed by atoms with Gasteiger partial charge in [0.2, 0.25) is 0 Å². The van der Waals surface area contributed by atoms with Crippen molar-refractivity contribution in [3.05, 3.63) is 90.8 Å². The van der Waals surface area contributed by atoms with E-state index in [4.69, 9.17) is 4.74 Å². The van der Waals surface area contributed by atoms with E-state index < -0.39 is 0 Å². The summed E-state index contributed by atoms with van der Waals surface area (Å²) in [5.41, 5.74) is 9.18. The fourth-order valence-corrected chi connectivity index (χ4v) is 5.14. The van der Waals surface area contributed by atoms with Crippen molar-refractivity contribution in [3.8, 4) is 22.4 Å². The minimum atomic E-state index is -0.323. The Morgan fingerprint density at radius 1 is 1.07 bits per heavy atom. The summed E-state index contributed by atoms with van der Waals surface area (Å²) >= 11 is 0.